The van der Waals surface area contributed by atoms with E-state index in [-0.39, 0.29) is 5.91 Å². The zero-order valence-corrected chi connectivity index (χ0v) is 10.2. The van der Waals surface area contributed by atoms with E-state index in [0.717, 1.165) is 29.5 Å². The van der Waals surface area contributed by atoms with Gasteiger partial charge >= 0.3 is 0 Å². The van der Waals surface area contributed by atoms with Gasteiger partial charge in [-0.3, -0.25) is 4.79 Å². The van der Waals surface area contributed by atoms with Crippen molar-refractivity contribution >= 4 is 22.6 Å². The minimum absolute atomic E-state index is 0.0112. The van der Waals surface area contributed by atoms with Crippen molar-refractivity contribution in [3.8, 4) is 0 Å². The van der Waals surface area contributed by atoms with E-state index in [1.54, 1.807) is 0 Å². The van der Waals surface area contributed by atoms with Crippen LogP contribution in [0.25, 0.3) is 16.7 Å². The molecule has 1 heterocycles. The summed E-state index contributed by atoms with van der Waals surface area (Å²) >= 11 is 0. The Morgan fingerprint density at radius 2 is 2.39 bits per heavy atom. The summed E-state index contributed by atoms with van der Waals surface area (Å²) in [4.78, 5) is 15.0. The first-order valence-electron chi connectivity index (χ1n) is 6.04. The topological polar surface area (TPSA) is 55.1 Å². The van der Waals surface area contributed by atoms with Crippen LogP contribution in [0.4, 0.5) is 0 Å². The minimum Gasteiger partial charge on any atom is -0.443 e. The first kappa shape index (κ1) is 11.0. The van der Waals surface area contributed by atoms with Crippen molar-refractivity contribution in [3.63, 3.8) is 0 Å². The Morgan fingerprint density at radius 3 is 3.22 bits per heavy atom. The van der Waals surface area contributed by atoms with Crippen LogP contribution in [0.15, 0.2) is 29.0 Å². The van der Waals surface area contributed by atoms with E-state index in [0.29, 0.717) is 6.54 Å². The van der Waals surface area contributed by atoms with E-state index in [2.05, 4.69) is 22.4 Å². The maximum Gasteiger partial charge on any atom is 0.217 e. The smallest absolute Gasteiger partial charge is 0.217 e. The van der Waals surface area contributed by atoms with Crippen molar-refractivity contribution in [2.75, 3.05) is 6.54 Å². The highest BCUT2D eigenvalue weighted by Crippen LogP contribution is 2.37. The second-order valence-corrected chi connectivity index (χ2v) is 4.47. The Bertz CT molecular complexity index is 640. The van der Waals surface area contributed by atoms with Gasteiger partial charge in [-0.25, -0.2) is 4.98 Å². The Balaban J connectivity index is 1.99. The van der Waals surface area contributed by atoms with Crippen molar-refractivity contribution in [2.24, 2.45) is 0 Å². The molecule has 0 fully saturated rings. The van der Waals surface area contributed by atoms with Crippen LogP contribution in [0.3, 0.4) is 0 Å². The van der Waals surface area contributed by atoms with Gasteiger partial charge in [-0.2, -0.15) is 0 Å². The van der Waals surface area contributed by atoms with Crippen LogP contribution in [0, 0.1) is 0 Å². The molecule has 1 amide bonds. The van der Waals surface area contributed by atoms with Crippen LogP contribution in [-0.2, 0) is 11.2 Å². The fraction of sp³-hybridized carbons (Fsp3) is 0.286. The molecule has 3 rings (SSSR count). The lowest BCUT2D eigenvalue weighted by atomic mass is 10.1. The molecule has 1 aromatic heterocycles. The van der Waals surface area contributed by atoms with Gasteiger partial charge < -0.3 is 9.73 Å². The van der Waals surface area contributed by atoms with Crippen LogP contribution >= 0.6 is 0 Å². The summed E-state index contributed by atoms with van der Waals surface area (Å²) < 4.78 is 5.48. The summed E-state index contributed by atoms with van der Waals surface area (Å²) in [5, 5.41) is 2.78. The molecule has 0 atom stereocenters. The predicted molar refractivity (Wildman–Crippen MR) is 69.0 cm³/mol. The first-order chi connectivity index (χ1) is 8.75. The Morgan fingerprint density at radius 1 is 1.50 bits per heavy atom. The van der Waals surface area contributed by atoms with Gasteiger partial charge in [0.2, 0.25) is 5.91 Å². The number of fused-ring (bicyclic) bond motifs is 3. The highest BCUT2D eigenvalue weighted by atomic mass is 16.3. The van der Waals surface area contributed by atoms with E-state index in [1.165, 1.54) is 24.5 Å². The monoisotopic (exact) mass is 242 g/mol. The van der Waals surface area contributed by atoms with Crippen molar-refractivity contribution < 1.29 is 9.21 Å². The number of benzene rings is 1. The fourth-order valence-corrected chi connectivity index (χ4v) is 2.45. The zero-order valence-electron chi connectivity index (χ0n) is 10.2. The van der Waals surface area contributed by atoms with Gasteiger partial charge in [0.05, 0.1) is 0 Å². The maximum atomic E-state index is 10.9. The van der Waals surface area contributed by atoms with Crippen molar-refractivity contribution in [2.45, 2.75) is 19.8 Å². The molecule has 0 saturated carbocycles. The van der Waals surface area contributed by atoms with E-state index >= 15 is 0 Å². The summed E-state index contributed by atoms with van der Waals surface area (Å²) in [7, 11) is 0. The molecule has 1 N–H and O–H groups in total. The number of nitrogens with zero attached hydrogens (tertiary/aromatic N) is 1. The molecule has 0 saturated heterocycles. The number of oxazole rings is 1. The molecule has 4 nitrogen and oxygen atoms in total. The number of amides is 1. The lowest BCUT2D eigenvalue weighted by Crippen LogP contribution is -2.19. The van der Waals surface area contributed by atoms with Crippen LogP contribution in [0.5, 0.6) is 0 Å². The molecule has 4 heteroatoms. The zero-order chi connectivity index (χ0) is 12.5. The number of carbonyl (C=O) groups is 1. The number of aromatic nitrogens is 1. The summed E-state index contributed by atoms with van der Waals surface area (Å²) in [5.41, 5.74) is 5.45. The van der Waals surface area contributed by atoms with Crippen LogP contribution in [0.1, 0.15) is 24.5 Å². The van der Waals surface area contributed by atoms with Gasteiger partial charge in [0.15, 0.2) is 12.0 Å². The molecule has 1 aliphatic carbocycles. The second kappa shape index (κ2) is 4.29. The average molecular weight is 242 g/mol. The summed E-state index contributed by atoms with van der Waals surface area (Å²) in [5.74, 6) is -0.0112. The number of nitrogens with one attached hydrogen (secondary N) is 1. The SMILES string of the molecule is CC(=O)NC/C=C1\CCc2ccc3ncoc3c21. The third kappa shape index (κ3) is 1.79. The van der Waals surface area contributed by atoms with Gasteiger partial charge in [-0.05, 0) is 30.0 Å². The third-order valence-corrected chi connectivity index (χ3v) is 3.27. The lowest BCUT2D eigenvalue weighted by Gasteiger charge is -2.02. The highest BCUT2D eigenvalue weighted by Gasteiger charge is 2.20. The Hall–Kier alpha value is -2.10. The summed E-state index contributed by atoms with van der Waals surface area (Å²) in [6, 6.07) is 4.11. The quantitative estimate of drug-likeness (QED) is 0.879. The molecule has 1 aliphatic rings. The fourth-order valence-electron chi connectivity index (χ4n) is 2.45. The highest BCUT2D eigenvalue weighted by molar-refractivity contribution is 5.91. The van der Waals surface area contributed by atoms with Crippen LogP contribution in [-0.4, -0.2) is 17.4 Å². The standard InChI is InChI=1S/C14H14N2O2/c1-9(17)15-7-6-11-3-2-10-4-5-12-14(13(10)11)18-8-16-12/h4-6,8H,2-3,7H2,1H3,(H,15,17)/b11-6+. The van der Waals surface area contributed by atoms with E-state index in [4.69, 9.17) is 4.42 Å². The summed E-state index contributed by atoms with van der Waals surface area (Å²) in [6.45, 7) is 2.09. The predicted octanol–water partition coefficient (Wildman–Crippen LogP) is 2.29. The molecule has 0 aliphatic heterocycles. The molecular formula is C14H14N2O2. The third-order valence-electron chi connectivity index (χ3n) is 3.27. The van der Waals surface area contributed by atoms with Crippen molar-refractivity contribution in [3.05, 3.63) is 35.7 Å². The number of hydrogen-bond donors (Lipinski definition) is 1. The number of hydrogen-bond acceptors (Lipinski definition) is 3. The number of carbonyl (C=O) groups excluding carboxylic acids is 1. The van der Waals surface area contributed by atoms with Gasteiger partial charge in [0.1, 0.15) is 5.52 Å². The largest absolute Gasteiger partial charge is 0.443 e. The molecule has 0 unspecified atom stereocenters. The molecule has 92 valence electrons. The van der Waals surface area contributed by atoms with Gasteiger partial charge in [-0.15, -0.1) is 0 Å². The normalized spacial score (nSPS) is 16.2. The van der Waals surface area contributed by atoms with E-state index in [1.807, 2.05) is 6.07 Å². The van der Waals surface area contributed by atoms with E-state index < -0.39 is 0 Å². The molecule has 0 radical (unpaired) electrons. The Kier molecular flexibility index (Phi) is 2.63. The van der Waals surface area contributed by atoms with Crippen LogP contribution in [0.2, 0.25) is 0 Å². The van der Waals surface area contributed by atoms with Crippen molar-refractivity contribution in [1.82, 2.24) is 10.3 Å². The molecule has 2 aromatic rings. The second-order valence-electron chi connectivity index (χ2n) is 4.47. The Labute approximate surface area is 105 Å². The number of aryl methyl sites for hydroxylation is 1. The maximum absolute atomic E-state index is 10.9. The lowest BCUT2D eigenvalue weighted by molar-refractivity contribution is -0.118. The number of allylic oxidation sites excluding steroid dienone is 1. The first-order valence-corrected chi connectivity index (χ1v) is 6.04. The van der Waals surface area contributed by atoms with Gasteiger partial charge in [-0.1, -0.05) is 12.1 Å². The molecule has 1 aromatic carbocycles. The molecule has 18 heavy (non-hydrogen) atoms. The molecule has 0 spiro atoms. The van der Waals surface area contributed by atoms with E-state index in [9.17, 15) is 4.79 Å². The molecule has 0 bridgehead atoms. The number of rotatable bonds is 2. The van der Waals surface area contributed by atoms with Crippen LogP contribution < -0.4 is 5.32 Å². The van der Waals surface area contributed by atoms with Gasteiger partial charge in [0, 0.05) is 19.0 Å². The average Bonchev–Trinajstić information content (AvgIpc) is 2.93. The van der Waals surface area contributed by atoms with Gasteiger partial charge in [0.25, 0.3) is 0 Å². The molecular weight excluding hydrogens is 228 g/mol. The summed E-state index contributed by atoms with van der Waals surface area (Å²) in [6.07, 6.45) is 5.57. The van der Waals surface area contributed by atoms with Crippen molar-refractivity contribution in [1.29, 1.82) is 0 Å². The minimum atomic E-state index is -0.0112.